The number of amides is 1. The highest BCUT2D eigenvalue weighted by molar-refractivity contribution is 7.45. The molecule has 0 fully saturated rings. The van der Waals surface area contributed by atoms with E-state index in [1.807, 2.05) is 27.2 Å². The van der Waals surface area contributed by atoms with Gasteiger partial charge in [-0.3, -0.25) is 9.36 Å². The Balaban J connectivity index is 4.18. The van der Waals surface area contributed by atoms with Gasteiger partial charge in [0.05, 0.1) is 39.9 Å². The maximum atomic E-state index is 12.8. The van der Waals surface area contributed by atoms with Crippen molar-refractivity contribution < 1.29 is 32.9 Å². The molecule has 0 aromatic rings. The number of aliphatic hydroxyl groups is 1. The average molecular weight is 795 g/mol. The molecule has 9 heteroatoms. The number of nitrogens with one attached hydrogen (secondary N) is 1. The van der Waals surface area contributed by atoms with E-state index in [1.165, 1.54) is 116 Å². The molecule has 0 saturated carbocycles. The van der Waals surface area contributed by atoms with E-state index in [0.717, 1.165) is 51.4 Å². The maximum absolute atomic E-state index is 12.8. The standard InChI is InChI=1S/C46H87N2O6P/c1-6-8-10-12-14-16-17-18-19-20-21-22-23-24-25-26-27-28-29-30-31-32-34-36-38-40-46(50)47-44(43-54-55(51,52)53-42-41-48(3,4)5)45(49)39-37-35-33-15-13-11-9-7-2/h17-18,20-21,23-24,37,39,44-45,49H,6-16,19,22,25-36,38,40-43H2,1-5H3,(H-,47,50,51,52)/b18-17-,21-20-,24-23-,39-37+. The van der Waals surface area contributed by atoms with Crippen LogP contribution in [0.4, 0.5) is 0 Å². The molecule has 0 aliphatic carbocycles. The van der Waals surface area contributed by atoms with Gasteiger partial charge in [-0.25, -0.2) is 0 Å². The van der Waals surface area contributed by atoms with E-state index in [4.69, 9.17) is 9.05 Å². The molecule has 1 amide bonds. The molecule has 2 N–H and O–H groups in total. The van der Waals surface area contributed by atoms with Gasteiger partial charge in [-0.05, 0) is 57.8 Å². The number of nitrogens with zero attached hydrogens (tertiary/aromatic N) is 1. The third kappa shape index (κ3) is 40.5. The van der Waals surface area contributed by atoms with Crippen molar-refractivity contribution in [3.05, 3.63) is 48.6 Å². The maximum Gasteiger partial charge on any atom is 0.268 e. The fourth-order valence-electron chi connectivity index (χ4n) is 6.16. The smallest absolute Gasteiger partial charge is 0.268 e. The second kappa shape index (κ2) is 38.0. The van der Waals surface area contributed by atoms with Crippen molar-refractivity contribution in [2.45, 2.75) is 199 Å². The fraction of sp³-hybridized carbons (Fsp3) is 0.804. The SMILES string of the molecule is CCCCCCC/C=C\C/C=C\C/C=C\CCCCCCCCCCCCC(=O)NC(COP(=O)([O-])OCC[N+](C)(C)C)C(O)/C=C/CCCCCCCC. The van der Waals surface area contributed by atoms with Crippen LogP contribution >= 0.6 is 7.82 Å². The van der Waals surface area contributed by atoms with Crippen molar-refractivity contribution >= 4 is 13.7 Å². The highest BCUT2D eigenvalue weighted by Crippen LogP contribution is 2.38. The molecule has 55 heavy (non-hydrogen) atoms. The lowest BCUT2D eigenvalue weighted by Crippen LogP contribution is -2.45. The zero-order chi connectivity index (χ0) is 40.7. The minimum atomic E-state index is -4.58. The largest absolute Gasteiger partial charge is 0.756 e. The number of hydrogen-bond acceptors (Lipinski definition) is 6. The van der Waals surface area contributed by atoms with E-state index in [9.17, 15) is 19.4 Å². The molecular formula is C46H87N2O6P. The topological polar surface area (TPSA) is 108 Å². The lowest BCUT2D eigenvalue weighted by Gasteiger charge is -2.29. The van der Waals surface area contributed by atoms with Gasteiger partial charge in [0, 0.05) is 6.42 Å². The molecule has 0 heterocycles. The summed E-state index contributed by atoms with van der Waals surface area (Å²) < 4.78 is 23.1. The van der Waals surface area contributed by atoms with Gasteiger partial charge in [0.1, 0.15) is 13.2 Å². The van der Waals surface area contributed by atoms with Crippen molar-refractivity contribution in [3.63, 3.8) is 0 Å². The van der Waals surface area contributed by atoms with Gasteiger partial charge >= 0.3 is 0 Å². The molecule has 3 unspecified atom stereocenters. The normalized spacial score (nSPS) is 14.8. The number of hydrogen-bond donors (Lipinski definition) is 2. The van der Waals surface area contributed by atoms with Crippen LogP contribution in [0.1, 0.15) is 187 Å². The summed E-state index contributed by atoms with van der Waals surface area (Å²) in [7, 11) is 1.25. The van der Waals surface area contributed by atoms with E-state index >= 15 is 0 Å². The van der Waals surface area contributed by atoms with Gasteiger partial charge in [0.25, 0.3) is 7.82 Å². The van der Waals surface area contributed by atoms with Crippen molar-refractivity contribution in [2.24, 2.45) is 0 Å². The van der Waals surface area contributed by atoms with Gasteiger partial charge in [-0.2, -0.15) is 0 Å². The lowest BCUT2D eigenvalue weighted by molar-refractivity contribution is -0.870. The first-order valence-corrected chi connectivity index (χ1v) is 24.0. The van der Waals surface area contributed by atoms with Crippen LogP contribution in [-0.4, -0.2) is 68.5 Å². The van der Waals surface area contributed by atoms with Crippen LogP contribution in [0.2, 0.25) is 0 Å². The number of aliphatic hydroxyl groups excluding tert-OH is 1. The number of phosphoric acid groups is 1. The quantitative estimate of drug-likeness (QED) is 0.0277. The highest BCUT2D eigenvalue weighted by atomic mass is 31.2. The zero-order valence-corrected chi connectivity index (χ0v) is 37.3. The van der Waals surface area contributed by atoms with E-state index in [2.05, 4.69) is 55.6 Å². The molecule has 322 valence electrons. The third-order valence-electron chi connectivity index (χ3n) is 9.78. The lowest BCUT2D eigenvalue weighted by atomic mass is 10.0. The third-order valence-corrected chi connectivity index (χ3v) is 10.7. The van der Waals surface area contributed by atoms with Crippen LogP contribution in [0.3, 0.4) is 0 Å². The van der Waals surface area contributed by atoms with Crippen LogP contribution in [0.15, 0.2) is 48.6 Å². The molecule has 0 bridgehead atoms. The summed E-state index contributed by atoms with van der Waals surface area (Å²) >= 11 is 0. The van der Waals surface area contributed by atoms with Gasteiger partial charge < -0.3 is 28.8 Å². The van der Waals surface area contributed by atoms with Crippen molar-refractivity contribution in [2.75, 3.05) is 40.9 Å². The number of unbranched alkanes of at least 4 members (excludes halogenated alkanes) is 21. The molecular weight excluding hydrogens is 707 g/mol. The Morgan fingerprint density at radius 1 is 0.636 bits per heavy atom. The monoisotopic (exact) mass is 795 g/mol. The fourth-order valence-corrected chi connectivity index (χ4v) is 6.88. The average Bonchev–Trinajstić information content (AvgIpc) is 3.13. The van der Waals surface area contributed by atoms with Gasteiger partial charge in [-0.1, -0.05) is 172 Å². The predicted molar refractivity (Wildman–Crippen MR) is 233 cm³/mol. The Morgan fingerprint density at radius 3 is 1.53 bits per heavy atom. The Morgan fingerprint density at radius 2 is 1.05 bits per heavy atom. The van der Waals surface area contributed by atoms with E-state index < -0.39 is 20.0 Å². The summed E-state index contributed by atoms with van der Waals surface area (Å²) in [5, 5.41) is 13.7. The molecule has 0 aromatic heterocycles. The molecule has 3 atom stereocenters. The van der Waals surface area contributed by atoms with E-state index in [0.29, 0.717) is 17.4 Å². The second-order valence-corrected chi connectivity index (χ2v) is 17.8. The van der Waals surface area contributed by atoms with Crippen LogP contribution in [0, 0.1) is 0 Å². The number of likely N-dealkylation sites (N-methyl/N-ethyl adjacent to an activating group) is 1. The summed E-state index contributed by atoms with van der Waals surface area (Å²) in [5.74, 6) is -0.207. The van der Waals surface area contributed by atoms with Gasteiger partial charge in [0.2, 0.25) is 5.91 Å². The highest BCUT2D eigenvalue weighted by Gasteiger charge is 2.23. The number of rotatable bonds is 40. The summed E-state index contributed by atoms with van der Waals surface area (Å²) in [4.78, 5) is 25.2. The minimum Gasteiger partial charge on any atom is -0.756 e. The second-order valence-electron chi connectivity index (χ2n) is 16.4. The molecule has 8 nitrogen and oxygen atoms in total. The number of carbonyl (C=O) groups excluding carboxylic acids is 1. The molecule has 0 radical (unpaired) electrons. The first-order chi connectivity index (χ1) is 26.5. The molecule has 0 saturated heterocycles. The number of quaternary nitrogens is 1. The summed E-state index contributed by atoms with van der Waals surface area (Å²) in [6.45, 7) is 4.57. The first kappa shape index (κ1) is 53.5. The predicted octanol–water partition coefficient (Wildman–Crippen LogP) is 11.8. The number of carbonyl (C=O) groups is 1. The van der Waals surface area contributed by atoms with E-state index in [1.54, 1.807) is 6.08 Å². The minimum absolute atomic E-state index is 0.00357. The molecule has 0 aromatic carbocycles. The zero-order valence-electron chi connectivity index (χ0n) is 36.4. The molecule has 0 aliphatic heterocycles. The van der Waals surface area contributed by atoms with Crippen LogP contribution < -0.4 is 10.2 Å². The Labute approximate surface area is 339 Å². The number of allylic oxidation sites excluding steroid dienone is 7. The Bertz CT molecular complexity index is 1040. The molecule has 0 aliphatic rings. The molecule has 0 spiro atoms. The van der Waals surface area contributed by atoms with Crippen LogP contribution in [0.5, 0.6) is 0 Å². The van der Waals surface area contributed by atoms with Crippen molar-refractivity contribution in [1.82, 2.24) is 5.32 Å². The van der Waals surface area contributed by atoms with Crippen LogP contribution in [0.25, 0.3) is 0 Å². The Hall–Kier alpha value is -1.54. The first-order valence-electron chi connectivity index (χ1n) is 22.5. The summed E-state index contributed by atoms with van der Waals surface area (Å²) in [6.07, 6.45) is 47.5. The Kier molecular flexibility index (Phi) is 36.9. The van der Waals surface area contributed by atoms with Crippen LogP contribution in [-0.2, 0) is 18.4 Å². The van der Waals surface area contributed by atoms with Gasteiger partial charge in [0.15, 0.2) is 0 Å². The van der Waals surface area contributed by atoms with Crippen molar-refractivity contribution in [3.8, 4) is 0 Å². The number of phosphoric ester groups is 1. The molecule has 0 rings (SSSR count). The summed E-state index contributed by atoms with van der Waals surface area (Å²) in [5.41, 5.74) is 0. The van der Waals surface area contributed by atoms with Crippen molar-refractivity contribution in [1.29, 1.82) is 0 Å². The summed E-state index contributed by atoms with van der Waals surface area (Å²) in [6, 6.07) is -0.886. The van der Waals surface area contributed by atoms with E-state index in [-0.39, 0.29) is 19.1 Å². The van der Waals surface area contributed by atoms with Gasteiger partial charge in [-0.15, -0.1) is 0 Å².